The Kier molecular flexibility index (Phi) is 5.37. The first-order valence-electron chi connectivity index (χ1n) is 5.41. The summed E-state index contributed by atoms with van der Waals surface area (Å²) in [4.78, 5) is 14.0. The van der Waals surface area contributed by atoms with Crippen LogP contribution in [0.3, 0.4) is 0 Å². The van der Waals surface area contributed by atoms with E-state index in [0.29, 0.717) is 18.9 Å². The summed E-state index contributed by atoms with van der Waals surface area (Å²) in [5, 5.41) is 8.97. The maximum Gasteiger partial charge on any atom is 0.322 e. The Labute approximate surface area is 106 Å². The van der Waals surface area contributed by atoms with Gasteiger partial charge >= 0.3 is 6.01 Å². The number of rotatable bonds is 6. The fourth-order valence-electron chi connectivity index (χ4n) is 1.37. The minimum absolute atomic E-state index is 0.0986. The molecule has 1 aromatic heterocycles. The molecular weight excluding hydrogens is 244 g/mol. The molecule has 1 N–H and O–H groups in total. The second-order valence-electron chi connectivity index (χ2n) is 3.76. The summed E-state index contributed by atoms with van der Waals surface area (Å²) in [6.45, 7) is 4.81. The zero-order valence-corrected chi connectivity index (χ0v) is 11.0. The molecule has 96 valence electrons. The number of halogens is 1. The van der Waals surface area contributed by atoms with Gasteiger partial charge in [0, 0.05) is 19.2 Å². The van der Waals surface area contributed by atoms with E-state index in [1.54, 1.807) is 0 Å². The van der Waals surface area contributed by atoms with Gasteiger partial charge < -0.3 is 14.7 Å². The first-order chi connectivity index (χ1) is 8.08. The molecule has 1 rings (SSSR count). The number of nitrogens with zero attached hydrogens (tertiary/aromatic N) is 4. The Bertz CT molecular complexity index is 362. The molecule has 0 fully saturated rings. The van der Waals surface area contributed by atoms with Crippen LogP contribution in [0, 0.1) is 0 Å². The molecule has 7 heteroatoms. The molecule has 0 aromatic carbocycles. The molecule has 0 saturated carbocycles. The maximum atomic E-state index is 8.87. The highest BCUT2D eigenvalue weighted by Gasteiger charge is 2.15. The first-order valence-corrected chi connectivity index (χ1v) is 5.79. The summed E-state index contributed by atoms with van der Waals surface area (Å²) in [6.07, 6.45) is 0.643. The predicted molar refractivity (Wildman–Crippen MR) is 65.6 cm³/mol. The van der Waals surface area contributed by atoms with E-state index < -0.39 is 0 Å². The lowest BCUT2D eigenvalue weighted by atomic mass is 10.3. The Morgan fingerprint density at radius 3 is 2.59 bits per heavy atom. The van der Waals surface area contributed by atoms with E-state index in [1.165, 1.54) is 7.11 Å². The van der Waals surface area contributed by atoms with Crippen LogP contribution >= 0.6 is 11.6 Å². The van der Waals surface area contributed by atoms with Crippen molar-refractivity contribution in [3.8, 4) is 6.01 Å². The molecule has 0 amide bonds. The van der Waals surface area contributed by atoms with E-state index in [9.17, 15) is 0 Å². The number of methoxy groups -OCH3 is 1. The molecule has 0 bridgehead atoms. The van der Waals surface area contributed by atoms with Crippen molar-refractivity contribution in [1.29, 1.82) is 0 Å². The Morgan fingerprint density at radius 2 is 2.06 bits per heavy atom. The number of aromatic nitrogens is 3. The van der Waals surface area contributed by atoms with Crippen molar-refractivity contribution in [3.05, 3.63) is 5.28 Å². The van der Waals surface area contributed by atoms with Gasteiger partial charge in [0.05, 0.1) is 7.11 Å². The van der Waals surface area contributed by atoms with Crippen LogP contribution in [0.15, 0.2) is 0 Å². The average Bonchev–Trinajstić information content (AvgIpc) is 2.28. The molecule has 0 aliphatic heterocycles. The summed E-state index contributed by atoms with van der Waals surface area (Å²) in [5.74, 6) is 0.463. The van der Waals surface area contributed by atoms with Crippen LogP contribution in [0.1, 0.15) is 20.3 Å². The third kappa shape index (κ3) is 3.98. The summed E-state index contributed by atoms with van der Waals surface area (Å²) < 4.78 is 4.95. The number of aliphatic hydroxyl groups is 1. The molecule has 6 nitrogen and oxygen atoms in total. The van der Waals surface area contributed by atoms with Gasteiger partial charge in [-0.1, -0.05) is 0 Å². The van der Waals surface area contributed by atoms with Gasteiger partial charge in [-0.25, -0.2) is 0 Å². The van der Waals surface area contributed by atoms with Crippen LogP contribution in [0.5, 0.6) is 6.01 Å². The topological polar surface area (TPSA) is 71.4 Å². The number of hydrogen-bond acceptors (Lipinski definition) is 6. The molecule has 0 radical (unpaired) electrons. The monoisotopic (exact) mass is 260 g/mol. The second-order valence-corrected chi connectivity index (χ2v) is 4.09. The average molecular weight is 261 g/mol. The van der Waals surface area contributed by atoms with Crippen molar-refractivity contribution < 1.29 is 9.84 Å². The van der Waals surface area contributed by atoms with Crippen molar-refractivity contribution >= 4 is 17.5 Å². The first kappa shape index (κ1) is 13.9. The van der Waals surface area contributed by atoms with E-state index in [-0.39, 0.29) is 23.9 Å². The molecule has 1 aromatic rings. The maximum absolute atomic E-state index is 8.87. The zero-order valence-electron chi connectivity index (χ0n) is 10.2. The van der Waals surface area contributed by atoms with Crippen molar-refractivity contribution in [2.45, 2.75) is 26.3 Å². The van der Waals surface area contributed by atoms with E-state index >= 15 is 0 Å². The van der Waals surface area contributed by atoms with Crippen LogP contribution in [0.4, 0.5) is 5.95 Å². The quantitative estimate of drug-likeness (QED) is 0.827. The van der Waals surface area contributed by atoms with Crippen molar-refractivity contribution in [2.24, 2.45) is 0 Å². The van der Waals surface area contributed by atoms with E-state index in [0.717, 1.165) is 0 Å². The number of ether oxygens (including phenoxy) is 1. The van der Waals surface area contributed by atoms with Crippen LogP contribution < -0.4 is 9.64 Å². The van der Waals surface area contributed by atoms with Crippen molar-refractivity contribution in [3.63, 3.8) is 0 Å². The van der Waals surface area contributed by atoms with Crippen LogP contribution in [0.25, 0.3) is 0 Å². The highest BCUT2D eigenvalue weighted by Crippen LogP contribution is 2.17. The standard InChI is InChI=1S/C10H17ClN4O2/c1-7(2)15(5-4-6-16)9-12-8(11)13-10(14-9)17-3/h7,16H,4-6H2,1-3H3. The van der Waals surface area contributed by atoms with Crippen molar-refractivity contribution in [2.75, 3.05) is 25.2 Å². The fourth-order valence-corrected chi connectivity index (χ4v) is 1.52. The van der Waals surface area contributed by atoms with Gasteiger partial charge in [0.15, 0.2) is 0 Å². The Morgan fingerprint density at radius 1 is 1.35 bits per heavy atom. The third-order valence-corrected chi connectivity index (χ3v) is 2.36. The predicted octanol–water partition coefficient (Wildman–Crippen LogP) is 1.13. The van der Waals surface area contributed by atoms with Gasteiger partial charge in [-0.2, -0.15) is 15.0 Å². The lowest BCUT2D eigenvalue weighted by Crippen LogP contribution is -2.34. The SMILES string of the molecule is COc1nc(Cl)nc(N(CCCO)C(C)C)n1. The molecule has 0 unspecified atom stereocenters. The molecule has 0 atom stereocenters. The minimum atomic E-state index is 0.0986. The highest BCUT2D eigenvalue weighted by molar-refractivity contribution is 6.28. The fraction of sp³-hybridized carbons (Fsp3) is 0.700. The molecular formula is C10H17ClN4O2. The Balaban J connectivity index is 2.96. The van der Waals surface area contributed by atoms with Gasteiger partial charge in [0.1, 0.15) is 0 Å². The third-order valence-electron chi connectivity index (χ3n) is 2.20. The van der Waals surface area contributed by atoms with Gasteiger partial charge in [-0.3, -0.25) is 0 Å². The molecule has 0 spiro atoms. The highest BCUT2D eigenvalue weighted by atomic mass is 35.5. The molecule has 0 saturated heterocycles. The largest absolute Gasteiger partial charge is 0.467 e. The smallest absolute Gasteiger partial charge is 0.322 e. The van der Waals surface area contributed by atoms with Gasteiger partial charge in [0.25, 0.3) is 0 Å². The zero-order chi connectivity index (χ0) is 12.8. The molecule has 0 aliphatic carbocycles. The van der Waals surface area contributed by atoms with Gasteiger partial charge in [0.2, 0.25) is 11.2 Å². The lowest BCUT2D eigenvalue weighted by molar-refractivity contribution is 0.288. The van der Waals surface area contributed by atoms with E-state index in [1.807, 2.05) is 18.7 Å². The Hall–Kier alpha value is -1.14. The van der Waals surface area contributed by atoms with E-state index in [4.69, 9.17) is 21.4 Å². The van der Waals surface area contributed by atoms with Crippen LogP contribution in [0.2, 0.25) is 5.28 Å². The summed E-state index contributed by atoms with van der Waals surface area (Å²) in [5.41, 5.74) is 0. The number of aliphatic hydroxyl groups excluding tert-OH is 1. The molecule has 1 heterocycles. The molecule has 17 heavy (non-hydrogen) atoms. The summed E-state index contributed by atoms with van der Waals surface area (Å²) in [6, 6.07) is 0.388. The van der Waals surface area contributed by atoms with Crippen LogP contribution in [-0.2, 0) is 0 Å². The number of hydrogen-bond donors (Lipinski definition) is 1. The second kappa shape index (κ2) is 6.56. The summed E-state index contributed by atoms with van der Waals surface area (Å²) >= 11 is 5.79. The lowest BCUT2D eigenvalue weighted by Gasteiger charge is -2.26. The van der Waals surface area contributed by atoms with Crippen LogP contribution in [-0.4, -0.2) is 46.4 Å². The van der Waals surface area contributed by atoms with Gasteiger partial charge in [-0.15, -0.1) is 0 Å². The van der Waals surface area contributed by atoms with Gasteiger partial charge in [-0.05, 0) is 31.9 Å². The van der Waals surface area contributed by atoms with E-state index in [2.05, 4.69) is 15.0 Å². The normalized spacial score (nSPS) is 10.7. The molecule has 0 aliphatic rings. The summed E-state index contributed by atoms with van der Waals surface area (Å²) in [7, 11) is 1.48. The number of anilines is 1. The minimum Gasteiger partial charge on any atom is -0.467 e. The van der Waals surface area contributed by atoms with Crippen molar-refractivity contribution in [1.82, 2.24) is 15.0 Å².